The topological polar surface area (TPSA) is 47.6 Å². The summed E-state index contributed by atoms with van der Waals surface area (Å²) >= 11 is 0.236. The molecule has 4 rings (SSSR count). The van der Waals surface area contributed by atoms with E-state index < -0.39 is 23.5 Å². The SMILES string of the molecule is C=CC(=O)OC12CC3CC(CC(NSOC(F)(F)F)(C3)C1)C2. The molecule has 0 heterocycles. The molecule has 4 fully saturated rings. The van der Waals surface area contributed by atoms with E-state index in [4.69, 9.17) is 4.74 Å². The van der Waals surface area contributed by atoms with E-state index in [1.807, 2.05) is 0 Å². The molecule has 0 amide bonds. The Hall–Kier alpha value is -0.730. The van der Waals surface area contributed by atoms with Gasteiger partial charge < -0.3 is 4.74 Å². The summed E-state index contributed by atoms with van der Waals surface area (Å²) in [6.45, 7) is 3.41. The zero-order chi connectivity index (χ0) is 16.0. The van der Waals surface area contributed by atoms with Crippen molar-refractivity contribution in [3.05, 3.63) is 12.7 Å². The second kappa shape index (κ2) is 5.42. The predicted molar refractivity (Wildman–Crippen MR) is 74.3 cm³/mol. The van der Waals surface area contributed by atoms with Gasteiger partial charge in [-0.3, -0.25) is 0 Å². The molecule has 124 valence electrons. The summed E-state index contributed by atoms with van der Waals surface area (Å²) in [7, 11) is 0. The maximum Gasteiger partial charge on any atom is 0.534 e. The van der Waals surface area contributed by atoms with Gasteiger partial charge in [0.05, 0.1) is 12.2 Å². The van der Waals surface area contributed by atoms with Crippen molar-refractivity contribution in [2.45, 2.75) is 56.0 Å². The lowest BCUT2D eigenvalue weighted by Gasteiger charge is -2.60. The summed E-state index contributed by atoms with van der Waals surface area (Å²) in [6.07, 6.45) is 1.22. The summed E-state index contributed by atoms with van der Waals surface area (Å²) in [6, 6.07) is 0. The average molecular weight is 337 g/mol. The molecule has 4 aliphatic carbocycles. The van der Waals surface area contributed by atoms with E-state index in [0.717, 1.165) is 38.2 Å². The first kappa shape index (κ1) is 16.1. The van der Waals surface area contributed by atoms with Crippen LogP contribution in [-0.4, -0.2) is 23.5 Å². The van der Waals surface area contributed by atoms with Crippen LogP contribution in [0, 0.1) is 11.8 Å². The molecule has 0 radical (unpaired) electrons. The molecule has 4 bridgehead atoms. The predicted octanol–water partition coefficient (Wildman–Crippen LogP) is 3.50. The van der Waals surface area contributed by atoms with Gasteiger partial charge >= 0.3 is 12.3 Å². The van der Waals surface area contributed by atoms with Crippen molar-refractivity contribution >= 4 is 18.2 Å². The number of hydrogen-bond donors (Lipinski definition) is 1. The van der Waals surface area contributed by atoms with E-state index >= 15 is 0 Å². The zero-order valence-electron chi connectivity index (χ0n) is 11.9. The monoisotopic (exact) mass is 337 g/mol. The van der Waals surface area contributed by atoms with Gasteiger partial charge in [-0.1, -0.05) is 6.58 Å². The molecular weight excluding hydrogens is 319 g/mol. The van der Waals surface area contributed by atoms with Crippen molar-refractivity contribution in [1.82, 2.24) is 4.72 Å². The number of halogens is 3. The molecular formula is C14H18F3NO3S. The average Bonchev–Trinajstić information content (AvgIpc) is 2.34. The molecule has 0 aromatic heterocycles. The van der Waals surface area contributed by atoms with Gasteiger partial charge in [0, 0.05) is 18.0 Å². The number of nitrogens with one attached hydrogen (secondary N) is 1. The minimum atomic E-state index is -4.67. The lowest BCUT2D eigenvalue weighted by Crippen LogP contribution is -2.64. The van der Waals surface area contributed by atoms with Crippen molar-refractivity contribution in [1.29, 1.82) is 0 Å². The summed E-state index contributed by atoms with van der Waals surface area (Å²) < 4.78 is 48.7. The highest BCUT2D eigenvalue weighted by molar-refractivity contribution is 7.92. The van der Waals surface area contributed by atoms with Crippen molar-refractivity contribution in [2.75, 3.05) is 0 Å². The van der Waals surface area contributed by atoms with Crippen molar-refractivity contribution in [3.8, 4) is 0 Å². The van der Waals surface area contributed by atoms with Crippen LogP contribution in [0.1, 0.15) is 38.5 Å². The number of rotatable bonds is 5. The maximum atomic E-state index is 12.1. The Labute approximate surface area is 131 Å². The van der Waals surface area contributed by atoms with E-state index in [9.17, 15) is 18.0 Å². The van der Waals surface area contributed by atoms with Gasteiger partial charge in [0.2, 0.25) is 0 Å². The lowest BCUT2D eigenvalue weighted by molar-refractivity contribution is -0.267. The molecule has 2 atom stereocenters. The Kier molecular flexibility index (Phi) is 3.98. The third kappa shape index (κ3) is 3.28. The minimum absolute atomic E-state index is 0.236. The second-order valence-electron chi connectivity index (χ2n) is 6.76. The Morgan fingerprint density at radius 2 is 1.91 bits per heavy atom. The van der Waals surface area contributed by atoms with Crippen molar-refractivity contribution in [2.24, 2.45) is 11.8 Å². The van der Waals surface area contributed by atoms with Crippen LogP contribution in [0.4, 0.5) is 13.2 Å². The quantitative estimate of drug-likeness (QED) is 0.360. The number of carbonyl (C=O) groups is 1. The molecule has 4 saturated carbocycles. The van der Waals surface area contributed by atoms with Crippen LogP contribution in [0.2, 0.25) is 0 Å². The van der Waals surface area contributed by atoms with Gasteiger partial charge in [-0.25, -0.2) is 13.7 Å². The van der Waals surface area contributed by atoms with Gasteiger partial charge in [0.25, 0.3) is 0 Å². The summed E-state index contributed by atoms with van der Waals surface area (Å²) in [5, 5.41) is 0. The standard InChI is InChI=1S/C14H18F3NO3S/c1-2-11(19)20-13-6-9-3-10(7-13)5-12(4-9,8-13)18-22-21-14(15,16)17/h2,9-10,18H,1,3-8H2. The smallest absolute Gasteiger partial charge is 0.456 e. The highest BCUT2D eigenvalue weighted by atomic mass is 32.2. The number of esters is 1. The Bertz CT molecular complexity index is 468. The number of hydrogen-bond acceptors (Lipinski definition) is 5. The minimum Gasteiger partial charge on any atom is -0.456 e. The molecule has 8 heteroatoms. The largest absolute Gasteiger partial charge is 0.534 e. The van der Waals surface area contributed by atoms with Crippen LogP contribution in [0.5, 0.6) is 0 Å². The van der Waals surface area contributed by atoms with E-state index in [2.05, 4.69) is 15.5 Å². The molecule has 0 spiro atoms. The van der Waals surface area contributed by atoms with Crippen LogP contribution in [0.25, 0.3) is 0 Å². The van der Waals surface area contributed by atoms with Crippen LogP contribution < -0.4 is 4.72 Å². The first-order valence-corrected chi connectivity index (χ1v) is 8.01. The summed E-state index contributed by atoms with van der Waals surface area (Å²) in [4.78, 5) is 11.6. The molecule has 1 N–H and O–H groups in total. The van der Waals surface area contributed by atoms with E-state index in [1.54, 1.807) is 0 Å². The lowest BCUT2D eigenvalue weighted by atomic mass is 9.51. The van der Waals surface area contributed by atoms with Crippen molar-refractivity contribution < 1.29 is 26.9 Å². The highest BCUT2D eigenvalue weighted by Gasteiger charge is 2.59. The molecule has 4 nitrogen and oxygen atoms in total. The fourth-order valence-electron chi connectivity index (χ4n) is 4.83. The van der Waals surface area contributed by atoms with E-state index in [1.165, 1.54) is 0 Å². The molecule has 2 unspecified atom stereocenters. The number of alkyl halides is 3. The first-order valence-electron chi connectivity index (χ1n) is 7.27. The third-order valence-electron chi connectivity index (χ3n) is 4.89. The van der Waals surface area contributed by atoms with Crippen LogP contribution >= 0.6 is 12.2 Å². The summed E-state index contributed by atoms with van der Waals surface area (Å²) in [5.74, 6) is 0.284. The fourth-order valence-corrected chi connectivity index (χ4v) is 5.38. The van der Waals surface area contributed by atoms with Crippen LogP contribution in [0.15, 0.2) is 12.7 Å². The normalized spacial score (nSPS) is 39.8. The summed E-state index contributed by atoms with van der Waals surface area (Å²) in [5.41, 5.74) is -1.03. The third-order valence-corrected chi connectivity index (χ3v) is 5.67. The van der Waals surface area contributed by atoms with E-state index in [-0.39, 0.29) is 12.2 Å². The van der Waals surface area contributed by atoms with Gasteiger partial charge in [0.1, 0.15) is 5.60 Å². The molecule has 0 aromatic rings. The van der Waals surface area contributed by atoms with Crippen LogP contribution in [0.3, 0.4) is 0 Å². The highest BCUT2D eigenvalue weighted by Crippen LogP contribution is 2.59. The molecule has 0 saturated heterocycles. The van der Waals surface area contributed by atoms with Crippen LogP contribution in [-0.2, 0) is 13.7 Å². The maximum absolute atomic E-state index is 12.1. The van der Waals surface area contributed by atoms with Crippen molar-refractivity contribution in [3.63, 3.8) is 0 Å². The Morgan fingerprint density at radius 3 is 2.45 bits per heavy atom. The van der Waals surface area contributed by atoms with Gasteiger partial charge in [-0.15, -0.1) is 13.2 Å². The van der Waals surface area contributed by atoms with Gasteiger partial charge in [-0.05, 0) is 43.9 Å². The Balaban J connectivity index is 1.70. The molecule has 0 aromatic carbocycles. The second-order valence-corrected chi connectivity index (χ2v) is 7.30. The van der Waals surface area contributed by atoms with Gasteiger partial charge in [-0.2, -0.15) is 0 Å². The first-order chi connectivity index (χ1) is 10.2. The Morgan fingerprint density at radius 1 is 1.27 bits per heavy atom. The zero-order valence-corrected chi connectivity index (χ0v) is 12.8. The molecule has 4 aliphatic rings. The molecule has 22 heavy (non-hydrogen) atoms. The number of carbonyl (C=O) groups excluding carboxylic acids is 1. The van der Waals surface area contributed by atoms with E-state index in [0.29, 0.717) is 18.3 Å². The van der Waals surface area contributed by atoms with Gasteiger partial charge in [0.15, 0.2) is 0 Å². The molecule has 0 aliphatic heterocycles. The fraction of sp³-hybridized carbons (Fsp3) is 0.786. The number of ether oxygens (including phenoxy) is 1.